The molecule has 1 spiro atoms. The first-order valence-electron chi connectivity index (χ1n) is 19.6. The summed E-state index contributed by atoms with van der Waals surface area (Å²) in [6, 6.07) is 18.9. The largest absolute Gasteiger partial charge is 0.415 e. The van der Waals surface area contributed by atoms with Crippen molar-refractivity contribution in [1.29, 1.82) is 0 Å². The molecule has 1 aliphatic carbocycles. The van der Waals surface area contributed by atoms with E-state index in [0.717, 1.165) is 75.1 Å². The van der Waals surface area contributed by atoms with Crippen molar-refractivity contribution in [2.45, 2.75) is 89.5 Å². The number of hydrogen-bond donors (Lipinski definition) is 2. The number of carbonyl (C=O) groups is 3. The standard InChI is InChI=1S/C42H57ClN6O4S/c1-31-11-9-16-37(38(31)43)53-41(52)48-24-25-49(36(29-48)39(50)44-27-34-14-10-26-54-34)40(51)35(15-7-8-22-46(2)3)45-33-17-19-42(20-18-33)21-23-47(30-42)28-32-12-5-4-6-13-32/h4-6,9-14,16,26,33,35-36,45H,7-8,15,17-25,27-30H2,1-3H3,(H,44,50)/t33?,35-,36+,42?/m1/s1. The zero-order valence-corrected chi connectivity index (χ0v) is 33.7. The molecule has 54 heavy (non-hydrogen) atoms. The third-order valence-electron chi connectivity index (χ3n) is 11.5. The van der Waals surface area contributed by atoms with Crippen molar-refractivity contribution in [2.75, 3.05) is 53.4 Å². The second-order valence-corrected chi connectivity index (χ2v) is 17.2. The molecule has 2 saturated heterocycles. The Balaban J connectivity index is 1.13. The van der Waals surface area contributed by atoms with Crippen LogP contribution in [0.15, 0.2) is 66.0 Å². The summed E-state index contributed by atoms with van der Waals surface area (Å²) in [5.74, 6) is -0.0761. The van der Waals surface area contributed by atoms with Crippen molar-refractivity contribution in [2.24, 2.45) is 5.41 Å². The fourth-order valence-corrected chi connectivity index (χ4v) is 9.16. The summed E-state index contributed by atoms with van der Waals surface area (Å²) >= 11 is 8.01. The van der Waals surface area contributed by atoms with Gasteiger partial charge in [0.2, 0.25) is 11.8 Å². The quantitative estimate of drug-likeness (QED) is 0.179. The normalized spacial score (nSPS) is 22.5. The number of unbranched alkanes of at least 4 members (excludes halogenated alkanes) is 1. The monoisotopic (exact) mass is 776 g/mol. The van der Waals surface area contributed by atoms with E-state index in [4.69, 9.17) is 16.3 Å². The van der Waals surface area contributed by atoms with Gasteiger partial charge in [0.15, 0.2) is 5.75 Å². The Morgan fingerprint density at radius 3 is 2.52 bits per heavy atom. The highest BCUT2D eigenvalue weighted by Crippen LogP contribution is 2.44. The number of amides is 3. The van der Waals surface area contributed by atoms with E-state index >= 15 is 0 Å². The molecule has 292 valence electrons. The average Bonchev–Trinajstić information content (AvgIpc) is 3.84. The number of aryl methyl sites for hydroxylation is 1. The number of benzene rings is 2. The number of thiophene rings is 1. The fourth-order valence-electron chi connectivity index (χ4n) is 8.35. The summed E-state index contributed by atoms with van der Waals surface area (Å²) in [6.07, 6.45) is 7.57. The van der Waals surface area contributed by atoms with Gasteiger partial charge in [-0.25, -0.2) is 4.79 Å². The van der Waals surface area contributed by atoms with Gasteiger partial charge in [0.05, 0.1) is 24.2 Å². The van der Waals surface area contributed by atoms with Gasteiger partial charge in [-0.2, -0.15) is 0 Å². The van der Waals surface area contributed by atoms with Crippen LogP contribution in [0.5, 0.6) is 5.75 Å². The maximum absolute atomic E-state index is 14.7. The zero-order chi connectivity index (χ0) is 38.1. The number of nitrogens with zero attached hydrogens (tertiary/aromatic N) is 4. The van der Waals surface area contributed by atoms with Gasteiger partial charge in [-0.1, -0.05) is 66.6 Å². The molecule has 1 aromatic heterocycles. The van der Waals surface area contributed by atoms with E-state index in [0.29, 0.717) is 23.4 Å². The predicted molar refractivity (Wildman–Crippen MR) is 216 cm³/mol. The second-order valence-electron chi connectivity index (χ2n) is 15.8. The summed E-state index contributed by atoms with van der Waals surface area (Å²) in [7, 11) is 4.14. The second kappa shape index (κ2) is 18.9. The minimum Gasteiger partial charge on any atom is -0.409 e. The van der Waals surface area contributed by atoms with Crippen LogP contribution in [0.2, 0.25) is 5.02 Å². The topological polar surface area (TPSA) is 97.5 Å². The molecule has 2 aliphatic heterocycles. The highest BCUT2D eigenvalue weighted by atomic mass is 35.5. The lowest BCUT2D eigenvalue weighted by Crippen LogP contribution is -2.64. The van der Waals surface area contributed by atoms with E-state index in [9.17, 15) is 14.4 Å². The van der Waals surface area contributed by atoms with Crippen molar-refractivity contribution in [3.05, 3.63) is 87.1 Å². The molecule has 12 heteroatoms. The lowest BCUT2D eigenvalue weighted by Gasteiger charge is -2.43. The van der Waals surface area contributed by atoms with E-state index in [1.165, 1.54) is 16.9 Å². The number of rotatable bonds is 14. The maximum atomic E-state index is 14.7. The molecule has 6 rings (SSSR count). The smallest absolute Gasteiger partial charge is 0.409 e. The number of piperazine rings is 1. The summed E-state index contributed by atoms with van der Waals surface area (Å²) in [6.45, 7) is 6.94. The molecular weight excluding hydrogens is 720 g/mol. The average molecular weight is 777 g/mol. The highest BCUT2D eigenvalue weighted by molar-refractivity contribution is 7.09. The summed E-state index contributed by atoms with van der Waals surface area (Å²) < 4.78 is 5.72. The molecular formula is C42H57ClN6O4S. The van der Waals surface area contributed by atoms with E-state index < -0.39 is 18.2 Å². The first-order chi connectivity index (χ1) is 26.1. The van der Waals surface area contributed by atoms with E-state index in [1.807, 2.05) is 30.5 Å². The van der Waals surface area contributed by atoms with Gasteiger partial charge in [-0.3, -0.25) is 14.5 Å². The fraction of sp³-hybridized carbons (Fsp3) is 0.548. The number of ether oxygens (including phenoxy) is 1. The van der Waals surface area contributed by atoms with Crippen molar-refractivity contribution in [3.63, 3.8) is 0 Å². The summed E-state index contributed by atoms with van der Waals surface area (Å²) in [5.41, 5.74) is 2.51. The number of nitrogens with one attached hydrogen (secondary N) is 2. The number of likely N-dealkylation sites (tertiary alicyclic amines) is 1. The lowest BCUT2D eigenvalue weighted by molar-refractivity contribution is -0.145. The number of halogens is 1. The zero-order valence-electron chi connectivity index (χ0n) is 32.1. The molecule has 3 fully saturated rings. The SMILES string of the molecule is Cc1cccc(OC(=O)N2CCN(C(=O)[C@@H](CCCCN(C)C)NC3CCC4(CC3)CCN(Cc3ccccc3)C4)[C@H](C(=O)NCc3cccs3)C2)c1Cl. The molecule has 0 bridgehead atoms. The van der Waals surface area contributed by atoms with Gasteiger partial charge < -0.3 is 30.1 Å². The summed E-state index contributed by atoms with van der Waals surface area (Å²) in [4.78, 5) is 51.1. The lowest BCUT2D eigenvalue weighted by atomic mass is 9.72. The molecule has 0 unspecified atom stereocenters. The Bertz CT molecular complexity index is 1680. The minimum absolute atomic E-state index is 0.0308. The van der Waals surface area contributed by atoms with Crippen LogP contribution in [-0.2, 0) is 22.7 Å². The molecule has 2 aromatic carbocycles. The Morgan fingerprint density at radius 2 is 1.78 bits per heavy atom. The molecule has 3 heterocycles. The summed E-state index contributed by atoms with van der Waals surface area (Å²) in [5, 5.41) is 9.21. The van der Waals surface area contributed by atoms with Crippen molar-refractivity contribution in [3.8, 4) is 5.75 Å². The third kappa shape index (κ3) is 10.6. The first-order valence-corrected chi connectivity index (χ1v) is 20.8. The van der Waals surface area contributed by atoms with Crippen LogP contribution in [0.25, 0.3) is 0 Å². The predicted octanol–water partition coefficient (Wildman–Crippen LogP) is 6.56. The van der Waals surface area contributed by atoms with Crippen molar-refractivity contribution in [1.82, 2.24) is 30.2 Å². The van der Waals surface area contributed by atoms with Gasteiger partial charge in [-0.05, 0) is 113 Å². The molecule has 2 atom stereocenters. The van der Waals surface area contributed by atoms with Gasteiger partial charge in [0.25, 0.3) is 0 Å². The molecule has 2 N–H and O–H groups in total. The first kappa shape index (κ1) is 40.2. The highest BCUT2D eigenvalue weighted by Gasteiger charge is 2.43. The van der Waals surface area contributed by atoms with E-state index in [-0.39, 0.29) is 43.2 Å². The number of hydrogen-bond acceptors (Lipinski definition) is 8. The number of carbonyl (C=O) groups excluding carboxylic acids is 3. The van der Waals surface area contributed by atoms with Crippen LogP contribution in [0.3, 0.4) is 0 Å². The van der Waals surface area contributed by atoms with Crippen LogP contribution in [-0.4, -0.2) is 109 Å². The maximum Gasteiger partial charge on any atom is 0.415 e. The molecule has 3 aromatic rings. The van der Waals surface area contributed by atoms with Crippen LogP contribution in [0, 0.1) is 12.3 Å². The van der Waals surface area contributed by atoms with E-state index in [1.54, 1.807) is 28.4 Å². The van der Waals surface area contributed by atoms with Crippen LogP contribution < -0.4 is 15.4 Å². The van der Waals surface area contributed by atoms with Gasteiger partial charge in [-0.15, -0.1) is 11.3 Å². The van der Waals surface area contributed by atoms with Gasteiger partial charge in [0.1, 0.15) is 6.04 Å². The Hall–Kier alpha value is -3.48. The minimum atomic E-state index is -0.860. The molecule has 3 amide bonds. The van der Waals surface area contributed by atoms with Crippen LogP contribution in [0.4, 0.5) is 4.79 Å². The van der Waals surface area contributed by atoms with Gasteiger partial charge in [0, 0.05) is 37.1 Å². The Labute approximate surface area is 330 Å². The molecule has 0 radical (unpaired) electrons. The van der Waals surface area contributed by atoms with E-state index in [2.05, 4.69) is 64.9 Å². The van der Waals surface area contributed by atoms with Crippen LogP contribution in [0.1, 0.15) is 67.4 Å². The Morgan fingerprint density at radius 1 is 0.981 bits per heavy atom. The molecule has 3 aliphatic rings. The van der Waals surface area contributed by atoms with Crippen molar-refractivity contribution < 1.29 is 19.1 Å². The molecule has 1 saturated carbocycles. The molecule has 10 nitrogen and oxygen atoms in total. The van der Waals surface area contributed by atoms with Crippen LogP contribution >= 0.6 is 22.9 Å². The Kier molecular flexibility index (Phi) is 14.1. The third-order valence-corrected chi connectivity index (χ3v) is 12.9. The van der Waals surface area contributed by atoms with Gasteiger partial charge >= 0.3 is 6.09 Å². The van der Waals surface area contributed by atoms with Crippen molar-refractivity contribution >= 4 is 40.8 Å².